The smallest absolute Gasteiger partial charge is 0.364 e. The third-order valence-electron chi connectivity index (χ3n) is 1.65. The summed E-state index contributed by atoms with van der Waals surface area (Å²) in [6, 6.07) is 0. The van der Waals surface area contributed by atoms with Gasteiger partial charge >= 0.3 is 5.97 Å². The molecule has 88 valence electrons. The van der Waals surface area contributed by atoms with E-state index in [4.69, 9.17) is 9.84 Å². The van der Waals surface area contributed by atoms with Gasteiger partial charge in [-0.25, -0.2) is 4.79 Å². The molecule has 0 amide bonds. The molecule has 0 aliphatic rings. The van der Waals surface area contributed by atoms with Crippen LogP contribution in [0.1, 0.15) is 4.88 Å². The summed E-state index contributed by atoms with van der Waals surface area (Å²) in [5, 5.41) is 9.02. The highest BCUT2D eigenvalue weighted by atomic mass is 32.1. The Morgan fingerprint density at radius 2 is 2.25 bits per heavy atom. The van der Waals surface area contributed by atoms with Gasteiger partial charge in [-0.2, -0.15) is 9.37 Å². The fourth-order valence-corrected chi connectivity index (χ4v) is 1.80. The van der Waals surface area contributed by atoms with Crippen LogP contribution in [0.4, 0.5) is 9.52 Å². The number of carboxylic acids is 1. The molecule has 1 aromatic rings. The number of ether oxygens (including phenoxy) is 1. The second-order valence-electron chi connectivity index (χ2n) is 3.06. The molecule has 5 nitrogen and oxygen atoms in total. The summed E-state index contributed by atoms with van der Waals surface area (Å²) in [4.78, 5) is 16.5. The van der Waals surface area contributed by atoms with Crippen LogP contribution in [-0.4, -0.2) is 37.3 Å². The van der Waals surface area contributed by atoms with Gasteiger partial charge in [0.1, 0.15) is 0 Å². The number of halogens is 1. The molecule has 0 aliphatic heterocycles. The molecular weight excluding hydrogens is 235 g/mol. The Bertz CT molecular complexity index is 428. The molecule has 0 spiro atoms. The summed E-state index contributed by atoms with van der Waals surface area (Å²) in [5.74, 6) is -2.64. The van der Waals surface area contributed by atoms with Crippen molar-refractivity contribution in [2.75, 3.05) is 26.1 Å². The summed E-state index contributed by atoms with van der Waals surface area (Å²) in [7, 11) is 4.95. The van der Waals surface area contributed by atoms with Crippen LogP contribution in [0.25, 0.3) is 6.08 Å². The number of aliphatic carboxylic acids is 1. The molecule has 7 heteroatoms. The Hall–Kier alpha value is -1.63. The molecule has 0 radical (unpaired) electrons. The van der Waals surface area contributed by atoms with Crippen molar-refractivity contribution >= 4 is 28.5 Å². The first kappa shape index (κ1) is 12.4. The quantitative estimate of drug-likeness (QED) is 0.818. The number of hydrogen-bond acceptors (Lipinski definition) is 5. The fourth-order valence-electron chi connectivity index (χ4n) is 0.912. The second-order valence-corrected chi connectivity index (χ2v) is 4.07. The van der Waals surface area contributed by atoms with Crippen LogP contribution >= 0.6 is 11.3 Å². The van der Waals surface area contributed by atoms with Gasteiger partial charge in [-0.05, 0) is 0 Å². The number of methoxy groups -OCH3 is 1. The first-order valence-electron chi connectivity index (χ1n) is 4.28. The number of carboxylic acid groups (broad SMARTS) is 1. The van der Waals surface area contributed by atoms with E-state index in [1.165, 1.54) is 7.11 Å². The van der Waals surface area contributed by atoms with Crippen molar-refractivity contribution in [2.45, 2.75) is 0 Å². The largest absolute Gasteiger partial charge is 0.480 e. The van der Waals surface area contributed by atoms with Crippen molar-refractivity contribution in [2.24, 2.45) is 0 Å². The molecule has 0 atom stereocenters. The minimum Gasteiger partial charge on any atom is -0.480 e. The van der Waals surface area contributed by atoms with Crippen LogP contribution in [0.15, 0.2) is 5.83 Å². The molecule has 0 aliphatic carbocycles. The van der Waals surface area contributed by atoms with E-state index in [2.05, 4.69) is 4.98 Å². The average molecular weight is 246 g/mol. The van der Waals surface area contributed by atoms with E-state index in [9.17, 15) is 9.18 Å². The zero-order chi connectivity index (χ0) is 12.3. The molecule has 0 saturated heterocycles. The summed E-state index contributed by atoms with van der Waals surface area (Å²) in [6.45, 7) is 0. The van der Waals surface area contributed by atoms with Crippen molar-refractivity contribution in [3.8, 4) is 5.88 Å². The minimum atomic E-state index is -1.61. The third-order valence-corrected chi connectivity index (χ3v) is 2.80. The van der Waals surface area contributed by atoms with Crippen LogP contribution in [0.3, 0.4) is 0 Å². The fraction of sp³-hybridized carbons (Fsp3) is 0.333. The van der Waals surface area contributed by atoms with Gasteiger partial charge in [0.05, 0.1) is 12.0 Å². The number of carbonyl (C=O) groups is 1. The molecule has 1 aromatic heterocycles. The Morgan fingerprint density at radius 1 is 1.62 bits per heavy atom. The van der Waals surface area contributed by atoms with Crippen LogP contribution in [0.2, 0.25) is 0 Å². The molecule has 1 rings (SSSR count). The van der Waals surface area contributed by atoms with E-state index < -0.39 is 11.8 Å². The van der Waals surface area contributed by atoms with Gasteiger partial charge in [0.2, 0.25) is 11.7 Å². The standard InChI is InChI=1S/C9H11FN2O3S/c1-12(2)9-11-7(15-3)6(16-9)4-5(10)8(13)14/h4H,1-3H3,(H,13,14). The Kier molecular flexibility index (Phi) is 3.83. The Balaban J connectivity index is 3.12. The summed E-state index contributed by atoms with van der Waals surface area (Å²) < 4.78 is 17.8. The number of hydrogen-bond donors (Lipinski definition) is 1. The van der Waals surface area contributed by atoms with E-state index in [1.807, 2.05) is 0 Å². The summed E-state index contributed by atoms with van der Waals surface area (Å²) in [6.07, 6.45) is 0.895. The lowest BCUT2D eigenvalue weighted by Crippen LogP contribution is -2.07. The van der Waals surface area contributed by atoms with Gasteiger partial charge in [-0.1, -0.05) is 11.3 Å². The minimum absolute atomic E-state index is 0.213. The van der Waals surface area contributed by atoms with Crippen LogP contribution in [0, 0.1) is 0 Å². The summed E-state index contributed by atoms with van der Waals surface area (Å²) in [5.41, 5.74) is 0. The number of rotatable bonds is 4. The molecule has 1 N–H and O–H groups in total. The maximum Gasteiger partial charge on any atom is 0.364 e. The SMILES string of the molecule is COc1nc(N(C)C)sc1C=C(F)C(=O)O. The molecule has 0 saturated carbocycles. The maximum atomic E-state index is 12.9. The number of thiazole rings is 1. The lowest BCUT2D eigenvalue weighted by atomic mass is 10.4. The van der Waals surface area contributed by atoms with Crippen LogP contribution in [0.5, 0.6) is 5.88 Å². The third kappa shape index (κ3) is 2.69. The zero-order valence-corrected chi connectivity index (χ0v) is 9.84. The van der Waals surface area contributed by atoms with Gasteiger partial charge in [-0.3, -0.25) is 0 Å². The van der Waals surface area contributed by atoms with Crippen molar-refractivity contribution in [3.05, 3.63) is 10.7 Å². The molecule has 0 unspecified atom stereocenters. The molecule has 0 fully saturated rings. The van der Waals surface area contributed by atoms with E-state index in [-0.39, 0.29) is 5.88 Å². The summed E-state index contributed by atoms with van der Waals surface area (Å²) >= 11 is 1.15. The first-order valence-corrected chi connectivity index (χ1v) is 5.10. The van der Waals surface area contributed by atoms with Crippen LogP contribution < -0.4 is 9.64 Å². The number of anilines is 1. The topological polar surface area (TPSA) is 62.7 Å². The first-order chi connectivity index (χ1) is 7.45. The van der Waals surface area contributed by atoms with Gasteiger partial charge in [0.15, 0.2) is 5.13 Å². The monoisotopic (exact) mass is 246 g/mol. The van der Waals surface area contributed by atoms with Crippen LogP contribution in [-0.2, 0) is 4.79 Å². The predicted octanol–water partition coefficient (Wildman–Crippen LogP) is 1.61. The van der Waals surface area contributed by atoms with Crippen molar-refractivity contribution < 1.29 is 19.0 Å². The van der Waals surface area contributed by atoms with E-state index in [1.54, 1.807) is 19.0 Å². The molecular formula is C9H11FN2O3S. The Morgan fingerprint density at radius 3 is 2.69 bits per heavy atom. The average Bonchev–Trinajstić information content (AvgIpc) is 2.60. The normalized spacial score (nSPS) is 11.4. The van der Waals surface area contributed by atoms with Gasteiger partial charge in [0.25, 0.3) is 0 Å². The zero-order valence-electron chi connectivity index (χ0n) is 9.02. The molecule has 0 aromatic carbocycles. The van der Waals surface area contributed by atoms with Gasteiger partial charge < -0.3 is 14.7 Å². The molecule has 1 heterocycles. The highest BCUT2D eigenvalue weighted by molar-refractivity contribution is 7.16. The molecule has 0 bridgehead atoms. The number of aromatic nitrogens is 1. The second kappa shape index (κ2) is 4.93. The van der Waals surface area contributed by atoms with Crippen molar-refractivity contribution in [1.29, 1.82) is 0 Å². The van der Waals surface area contributed by atoms with Gasteiger partial charge in [0, 0.05) is 20.2 Å². The maximum absolute atomic E-state index is 12.9. The number of nitrogens with zero attached hydrogens (tertiary/aromatic N) is 2. The van der Waals surface area contributed by atoms with Crippen molar-refractivity contribution in [3.63, 3.8) is 0 Å². The highest BCUT2D eigenvalue weighted by Gasteiger charge is 2.14. The van der Waals surface area contributed by atoms with Gasteiger partial charge in [-0.15, -0.1) is 0 Å². The highest BCUT2D eigenvalue weighted by Crippen LogP contribution is 2.32. The lowest BCUT2D eigenvalue weighted by molar-refractivity contribution is -0.134. The van der Waals surface area contributed by atoms with E-state index >= 15 is 0 Å². The van der Waals surface area contributed by atoms with E-state index in [0.29, 0.717) is 10.0 Å². The van der Waals surface area contributed by atoms with E-state index in [0.717, 1.165) is 17.4 Å². The lowest BCUT2D eigenvalue weighted by Gasteiger charge is -2.04. The Labute approximate surface area is 95.8 Å². The predicted molar refractivity (Wildman–Crippen MR) is 59.7 cm³/mol. The van der Waals surface area contributed by atoms with Crippen molar-refractivity contribution in [1.82, 2.24) is 4.98 Å². The molecule has 16 heavy (non-hydrogen) atoms.